The van der Waals surface area contributed by atoms with Crippen LogP contribution in [0.2, 0.25) is 0 Å². The summed E-state index contributed by atoms with van der Waals surface area (Å²) in [5, 5.41) is 5.38. The maximum absolute atomic E-state index is 14.4. The number of carbonyl (C=O) groups is 1. The van der Waals surface area contributed by atoms with E-state index in [0.29, 0.717) is 23.2 Å². The molecule has 3 heterocycles. The van der Waals surface area contributed by atoms with Gasteiger partial charge in [-0.25, -0.2) is 8.78 Å². The number of aromatic nitrogens is 1. The molecule has 1 saturated heterocycles. The number of carbonyl (C=O) groups excluding carboxylic acids is 1. The number of fused-ring (bicyclic) bond motifs is 1. The number of rotatable bonds is 4. The van der Waals surface area contributed by atoms with Crippen LogP contribution in [0, 0.1) is 17.6 Å². The van der Waals surface area contributed by atoms with E-state index >= 15 is 0 Å². The van der Waals surface area contributed by atoms with Crippen molar-refractivity contribution in [3.05, 3.63) is 71.9 Å². The number of hydrogen-bond donors (Lipinski definition) is 1. The second-order valence-corrected chi connectivity index (χ2v) is 10.3. The lowest BCUT2D eigenvalue weighted by Gasteiger charge is -2.54. The van der Waals surface area contributed by atoms with Gasteiger partial charge in [-0.15, -0.1) is 0 Å². The van der Waals surface area contributed by atoms with Crippen LogP contribution in [-0.4, -0.2) is 36.4 Å². The first-order chi connectivity index (χ1) is 16.7. The third-order valence-electron chi connectivity index (χ3n) is 7.16. The van der Waals surface area contributed by atoms with Gasteiger partial charge in [0.15, 0.2) is 0 Å². The molecule has 0 aliphatic carbocycles. The second-order valence-electron chi connectivity index (χ2n) is 9.58. The Morgan fingerprint density at radius 3 is 2.49 bits per heavy atom. The maximum Gasteiger partial charge on any atom is 0.147 e. The van der Waals surface area contributed by atoms with E-state index in [1.54, 1.807) is 18.3 Å². The molecular weight excluding hydrogens is 466 g/mol. The van der Waals surface area contributed by atoms with Crippen LogP contribution in [0.25, 0.3) is 11.3 Å². The summed E-state index contributed by atoms with van der Waals surface area (Å²) in [6.07, 6.45) is 3.56. The van der Waals surface area contributed by atoms with Gasteiger partial charge >= 0.3 is 0 Å². The minimum Gasteiger partial charge on any atom is -0.371 e. The largest absolute Gasteiger partial charge is 0.371 e. The van der Waals surface area contributed by atoms with E-state index < -0.39 is 0 Å². The van der Waals surface area contributed by atoms with Crippen LogP contribution in [-0.2, 0) is 11.2 Å². The molecule has 35 heavy (non-hydrogen) atoms. The Kier molecular flexibility index (Phi) is 7.15. The third-order valence-corrected chi connectivity index (χ3v) is 7.73. The van der Waals surface area contributed by atoms with E-state index in [9.17, 15) is 13.6 Å². The van der Waals surface area contributed by atoms with E-state index in [0.717, 1.165) is 47.2 Å². The molecule has 2 aliphatic rings. The Morgan fingerprint density at radius 1 is 1.11 bits per heavy atom. The molecule has 1 fully saturated rings. The number of halogens is 2. The lowest BCUT2D eigenvalue weighted by atomic mass is 9.77. The first kappa shape index (κ1) is 25.1. The summed E-state index contributed by atoms with van der Waals surface area (Å²) in [6.45, 7) is 6.62. The minimum absolute atomic E-state index is 0.0487. The highest BCUT2D eigenvalue weighted by molar-refractivity contribution is 7.97. The highest BCUT2D eigenvalue weighted by Crippen LogP contribution is 2.41. The van der Waals surface area contributed by atoms with Crippen molar-refractivity contribution in [1.29, 1.82) is 0 Å². The summed E-state index contributed by atoms with van der Waals surface area (Å²) >= 11 is 0.963. The van der Waals surface area contributed by atoms with Gasteiger partial charge < -0.3 is 14.6 Å². The molecule has 8 heteroatoms. The molecule has 0 radical (unpaired) electrons. The standard InChI is InChI=1S/C17H17FN2O.C10H13FN2S/c1-17(2)13(11-21)10-20(17)16-7-6-12(9-14(16)18)15-5-3-4-8-19-15;1-6-3-7-4-8(11)10(14-12)5-9(7)13(6)2/h3-9,11,13H,10H2,1-2H3;4-6H,3,12H2,1-2H3/t;6-/m.1/s1. The molecule has 2 aliphatic heterocycles. The first-order valence-electron chi connectivity index (χ1n) is 11.5. The lowest BCUT2D eigenvalue weighted by Crippen LogP contribution is -2.65. The van der Waals surface area contributed by atoms with Gasteiger partial charge in [0.1, 0.15) is 17.9 Å². The number of nitrogens with two attached hydrogens (primary N) is 1. The predicted molar refractivity (Wildman–Crippen MR) is 139 cm³/mol. The van der Waals surface area contributed by atoms with Gasteiger partial charge in [-0.3, -0.25) is 10.1 Å². The number of hydrogen-bond acceptors (Lipinski definition) is 6. The van der Waals surface area contributed by atoms with E-state index in [2.05, 4.69) is 16.8 Å². The summed E-state index contributed by atoms with van der Waals surface area (Å²) in [5.41, 5.74) is 3.88. The Bertz CT molecular complexity index is 1220. The molecule has 2 atom stereocenters. The Labute approximate surface area is 209 Å². The number of pyridine rings is 1. The van der Waals surface area contributed by atoms with Crippen LogP contribution >= 0.6 is 11.9 Å². The van der Waals surface area contributed by atoms with Crippen molar-refractivity contribution < 1.29 is 13.6 Å². The molecule has 1 unspecified atom stereocenters. The quantitative estimate of drug-likeness (QED) is 0.382. The zero-order valence-corrected chi connectivity index (χ0v) is 21.2. The number of benzene rings is 2. The Morgan fingerprint density at radius 2 is 1.89 bits per heavy atom. The van der Waals surface area contributed by atoms with Crippen molar-refractivity contribution in [2.75, 3.05) is 23.4 Å². The molecule has 2 N–H and O–H groups in total. The van der Waals surface area contributed by atoms with Crippen LogP contribution < -0.4 is 14.9 Å². The normalized spacial score (nSPS) is 20.0. The van der Waals surface area contributed by atoms with E-state index in [-0.39, 0.29) is 23.1 Å². The van der Waals surface area contributed by atoms with Gasteiger partial charge in [0.2, 0.25) is 0 Å². The van der Waals surface area contributed by atoms with Crippen molar-refractivity contribution in [3.8, 4) is 11.3 Å². The van der Waals surface area contributed by atoms with E-state index in [1.165, 1.54) is 6.07 Å². The molecule has 0 spiro atoms. The van der Waals surface area contributed by atoms with Crippen LogP contribution in [0.15, 0.2) is 59.6 Å². The zero-order valence-electron chi connectivity index (χ0n) is 20.3. The molecule has 3 aromatic rings. The van der Waals surface area contributed by atoms with Gasteiger partial charge in [-0.2, -0.15) is 0 Å². The highest BCUT2D eigenvalue weighted by atomic mass is 32.2. The second kappa shape index (κ2) is 9.95. The summed E-state index contributed by atoms with van der Waals surface area (Å²) in [6, 6.07) is 14.6. The summed E-state index contributed by atoms with van der Waals surface area (Å²) in [4.78, 5) is 19.8. The van der Waals surface area contributed by atoms with Crippen molar-refractivity contribution in [1.82, 2.24) is 4.98 Å². The van der Waals surface area contributed by atoms with Gasteiger partial charge in [-0.05, 0) is 81.1 Å². The topological polar surface area (TPSA) is 62.5 Å². The summed E-state index contributed by atoms with van der Waals surface area (Å²) < 4.78 is 27.8. The number of anilines is 2. The van der Waals surface area contributed by atoms with Gasteiger partial charge in [0.05, 0.1) is 22.2 Å². The molecule has 2 aromatic carbocycles. The number of nitrogens with zero attached hydrogens (tertiary/aromatic N) is 3. The summed E-state index contributed by atoms with van der Waals surface area (Å²) in [7, 11) is 2.03. The van der Waals surface area contributed by atoms with Crippen LogP contribution in [0.1, 0.15) is 26.3 Å². The first-order valence-corrected chi connectivity index (χ1v) is 12.4. The molecule has 5 nitrogen and oxygen atoms in total. The van der Waals surface area contributed by atoms with Crippen LogP contribution in [0.3, 0.4) is 0 Å². The average Bonchev–Trinajstić information content (AvgIpc) is 3.12. The van der Waals surface area contributed by atoms with Crippen molar-refractivity contribution in [2.24, 2.45) is 11.1 Å². The molecule has 184 valence electrons. The fourth-order valence-corrected chi connectivity index (χ4v) is 4.99. The van der Waals surface area contributed by atoms with Gasteiger partial charge in [-0.1, -0.05) is 12.1 Å². The smallest absolute Gasteiger partial charge is 0.147 e. The van der Waals surface area contributed by atoms with Crippen molar-refractivity contribution in [3.63, 3.8) is 0 Å². The molecular formula is C27H30F2N4OS. The van der Waals surface area contributed by atoms with Gasteiger partial charge in [0.25, 0.3) is 0 Å². The monoisotopic (exact) mass is 496 g/mol. The minimum atomic E-state index is -0.338. The SMILES string of the molecule is CC1(C)C(C=O)CN1c1ccc(-c2ccccn2)cc1F.C[C@@H]1Cc2cc(F)c(SN)cc2N1C. The van der Waals surface area contributed by atoms with E-state index in [1.807, 2.05) is 56.1 Å². The predicted octanol–water partition coefficient (Wildman–Crippen LogP) is 5.47. The number of aldehydes is 1. The molecule has 0 amide bonds. The fraction of sp³-hybridized carbons (Fsp3) is 0.333. The van der Waals surface area contributed by atoms with Gasteiger partial charge in [0, 0.05) is 42.6 Å². The lowest BCUT2D eigenvalue weighted by molar-refractivity contribution is -0.114. The highest BCUT2D eigenvalue weighted by Gasteiger charge is 2.46. The summed E-state index contributed by atoms with van der Waals surface area (Å²) in [5.74, 6) is -0.540. The Balaban J connectivity index is 0.000000179. The molecule has 1 aromatic heterocycles. The average molecular weight is 497 g/mol. The van der Waals surface area contributed by atoms with Crippen molar-refractivity contribution in [2.45, 2.75) is 43.7 Å². The third kappa shape index (κ3) is 4.77. The fourth-order valence-electron chi connectivity index (χ4n) is 4.64. The molecule has 0 bridgehead atoms. The molecule has 5 rings (SSSR count). The Hall–Kier alpha value is -2.97. The van der Waals surface area contributed by atoms with Crippen LogP contribution in [0.4, 0.5) is 20.2 Å². The number of likely N-dealkylation sites (N-methyl/N-ethyl adjacent to an activating group) is 1. The van der Waals surface area contributed by atoms with E-state index in [4.69, 9.17) is 5.14 Å². The molecule has 0 saturated carbocycles. The zero-order chi connectivity index (χ0) is 25.3. The van der Waals surface area contributed by atoms with Crippen molar-refractivity contribution >= 4 is 29.6 Å². The van der Waals surface area contributed by atoms with Crippen LogP contribution in [0.5, 0.6) is 0 Å². The maximum atomic E-state index is 14.4.